The molecule has 0 aliphatic rings. The molecular formula is C14H17F3O2. The van der Waals surface area contributed by atoms with E-state index in [0.29, 0.717) is 5.56 Å². The van der Waals surface area contributed by atoms with E-state index in [1.807, 2.05) is 20.8 Å². The van der Waals surface area contributed by atoms with Crippen LogP contribution < -0.4 is 0 Å². The van der Waals surface area contributed by atoms with E-state index in [2.05, 4.69) is 4.74 Å². The minimum Gasteiger partial charge on any atom is -0.364 e. The van der Waals surface area contributed by atoms with Crippen LogP contribution in [0.1, 0.15) is 36.7 Å². The number of ketones is 1. The first-order valence-electron chi connectivity index (χ1n) is 5.88. The molecule has 0 aromatic heterocycles. The maximum Gasteiger partial charge on any atom is 0.411 e. The molecule has 0 aliphatic carbocycles. The highest BCUT2D eigenvalue weighted by Gasteiger charge is 2.27. The minimum absolute atomic E-state index is 0.0334. The van der Waals surface area contributed by atoms with Gasteiger partial charge in [-0.05, 0) is 11.0 Å². The van der Waals surface area contributed by atoms with Crippen LogP contribution in [0.4, 0.5) is 13.2 Å². The fourth-order valence-electron chi connectivity index (χ4n) is 1.50. The summed E-state index contributed by atoms with van der Waals surface area (Å²) in [6.45, 7) is 4.15. The molecule has 2 nitrogen and oxygen atoms in total. The number of Topliss-reactive ketones (excluding diaryl/α,β-unsaturated/α-hetero) is 1. The molecule has 1 rings (SSSR count). The molecule has 0 aliphatic heterocycles. The van der Waals surface area contributed by atoms with Gasteiger partial charge < -0.3 is 4.74 Å². The van der Waals surface area contributed by atoms with Crippen molar-refractivity contribution >= 4 is 5.78 Å². The minimum atomic E-state index is -4.41. The summed E-state index contributed by atoms with van der Waals surface area (Å²) in [4.78, 5) is 11.6. The second-order valence-corrected chi connectivity index (χ2v) is 5.36. The molecule has 0 atom stereocenters. The molecule has 0 bridgehead atoms. The Labute approximate surface area is 110 Å². The third-order valence-electron chi connectivity index (χ3n) is 2.57. The van der Waals surface area contributed by atoms with Gasteiger partial charge >= 0.3 is 6.18 Å². The van der Waals surface area contributed by atoms with Crippen LogP contribution in [0.2, 0.25) is 0 Å². The van der Waals surface area contributed by atoms with E-state index < -0.39 is 25.2 Å². The number of alkyl halides is 3. The van der Waals surface area contributed by atoms with Gasteiger partial charge in [0.2, 0.25) is 0 Å². The number of benzene rings is 1. The van der Waals surface area contributed by atoms with Crippen molar-refractivity contribution in [2.24, 2.45) is 0 Å². The fourth-order valence-corrected chi connectivity index (χ4v) is 1.50. The number of carbonyl (C=O) groups is 1. The number of rotatable bonds is 4. The van der Waals surface area contributed by atoms with Crippen molar-refractivity contribution in [2.45, 2.75) is 32.4 Å². The van der Waals surface area contributed by atoms with Gasteiger partial charge in [0.1, 0.15) is 13.2 Å². The van der Waals surface area contributed by atoms with Crippen molar-refractivity contribution in [2.75, 3.05) is 13.2 Å². The predicted octanol–water partition coefficient (Wildman–Crippen LogP) is 3.75. The van der Waals surface area contributed by atoms with Gasteiger partial charge in [0.15, 0.2) is 5.78 Å². The predicted molar refractivity (Wildman–Crippen MR) is 66.3 cm³/mol. The highest BCUT2D eigenvalue weighted by Crippen LogP contribution is 2.22. The Morgan fingerprint density at radius 1 is 1.11 bits per heavy atom. The maximum absolute atomic E-state index is 11.9. The van der Waals surface area contributed by atoms with E-state index in [1.165, 1.54) is 0 Å². The molecule has 0 unspecified atom stereocenters. The Hall–Kier alpha value is -1.36. The van der Waals surface area contributed by atoms with Crippen molar-refractivity contribution in [3.8, 4) is 0 Å². The topological polar surface area (TPSA) is 26.3 Å². The smallest absolute Gasteiger partial charge is 0.364 e. The quantitative estimate of drug-likeness (QED) is 0.782. The van der Waals surface area contributed by atoms with E-state index in [4.69, 9.17) is 0 Å². The SMILES string of the molecule is CC(C)(C)c1ccc(C(=O)COCC(F)(F)F)cc1. The summed E-state index contributed by atoms with van der Waals surface area (Å²) in [5.74, 6) is -0.454. The molecule has 0 saturated heterocycles. The van der Waals surface area contributed by atoms with Crippen LogP contribution in [0.3, 0.4) is 0 Å². The largest absolute Gasteiger partial charge is 0.411 e. The van der Waals surface area contributed by atoms with Crippen LogP contribution in [0.25, 0.3) is 0 Å². The number of carbonyl (C=O) groups excluding carboxylic acids is 1. The van der Waals surface area contributed by atoms with Crippen LogP contribution in [0.5, 0.6) is 0 Å². The van der Waals surface area contributed by atoms with Crippen molar-refractivity contribution in [3.63, 3.8) is 0 Å². The molecule has 5 heteroatoms. The molecule has 1 aromatic carbocycles. The third-order valence-corrected chi connectivity index (χ3v) is 2.57. The number of hydrogen-bond acceptors (Lipinski definition) is 2. The lowest BCUT2D eigenvalue weighted by Crippen LogP contribution is -2.20. The molecule has 0 amide bonds. The fraction of sp³-hybridized carbons (Fsp3) is 0.500. The molecule has 0 spiro atoms. The molecule has 0 saturated carbocycles. The van der Waals surface area contributed by atoms with Crippen LogP contribution >= 0.6 is 0 Å². The standard InChI is InChI=1S/C14H17F3O2/c1-13(2,3)11-6-4-10(5-7-11)12(18)8-19-9-14(15,16)17/h4-7H,8-9H2,1-3H3. The first-order valence-corrected chi connectivity index (χ1v) is 5.88. The normalized spacial score (nSPS) is 12.5. The average Bonchev–Trinajstić information content (AvgIpc) is 2.26. The van der Waals surface area contributed by atoms with Gasteiger partial charge in [-0.25, -0.2) is 0 Å². The van der Waals surface area contributed by atoms with Crippen molar-refractivity contribution in [1.82, 2.24) is 0 Å². The third kappa shape index (κ3) is 5.42. The molecule has 0 fully saturated rings. The van der Waals surface area contributed by atoms with Gasteiger partial charge in [-0.1, -0.05) is 45.0 Å². The van der Waals surface area contributed by atoms with Crippen LogP contribution in [-0.2, 0) is 10.2 Å². The lowest BCUT2D eigenvalue weighted by molar-refractivity contribution is -0.170. The zero-order chi connectivity index (χ0) is 14.7. The molecule has 0 radical (unpaired) electrons. The van der Waals surface area contributed by atoms with Crippen LogP contribution in [0.15, 0.2) is 24.3 Å². The zero-order valence-corrected chi connectivity index (χ0v) is 11.2. The Balaban J connectivity index is 2.59. The van der Waals surface area contributed by atoms with Crippen LogP contribution in [0, 0.1) is 0 Å². The summed E-state index contributed by atoms with van der Waals surface area (Å²) >= 11 is 0. The Kier molecular flexibility index (Phi) is 4.74. The molecular weight excluding hydrogens is 257 g/mol. The Bertz CT molecular complexity index is 427. The van der Waals surface area contributed by atoms with Gasteiger partial charge in [0.05, 0.1) is 0 Å². The molecule has 19 heavy (non-hydrogen) atoms. The van der Waals surface area contributed by atoms with Crippen LogP contribution in [-0.4, -0.2) is 25.2 Å². The summed E-state index contributed by atoms with van der Waals surface area (Å²) in [7, 11) is 0. The second kappa shape index (κ2) is 5.74. The van der Waals surface area contributed by atoms with E-state index in [9.17, 15) is 18.0 Å². The molecule has 0 heterocycles. The summed E-state index contributed by atoms with van der Waals surface area (Å²) in [5, 5.41) is 0. The highest BCUT2D eigenvalue weighted by molar-refractivity contribution is 5.97. The summed E-state index contributed by atoms with van der Waals surface area (Å²) in [6.07, 6.45) is -4.41. The first kappa shape index (κ1) is 15.7. The average molecular weight is 274 g/mol. The van der Waals surface area contributed by atoms with Crippen molar-refractivity contribution < 1.29 is 22.7 Å². The lowest BCUT2D eigenvalue weighted by atomic mass is 9.86. The first-order chi connectivity index (χ1) is 8.59. The number of halogens is 3. The van der Waals surface area contributed by atoms with E-state index >= 15 is 0 Å². The summed E-state index contributed by atoms with van der Waals surface area (Å²) in [5.41, 5.74) is 1.38. The highest BCUT2D eigenvalue weighted by atomic mass is 19.4. The van der Waals surface area contributed by atoms with E-state index in [0.717, 1.165) is 5.56 Å². The lowest BCUT2D eigenvalue weighted by Gasteiger charge is -2.19. The van der Waals surface area contributed by atoms with Gasteiger partial charge in [-0.3, -0.25) is 4.79 Å². The number of hydrogen-bond donors (Lipinski definition) is 0. The summed E-state index contributed by atoms with van der Waals surface area (Å²) < 4.78 is 39.9. The van der Waals surface area contributed by atoms with Crippen molar-refractivity contribution in [3.05, 3.63) is 35.4 Å². The van der Waals surface area contributed by atoms with E-state index in [1.54, 1.807) is 24.3 Å². The molecule has 106 valence electrons. The molecule has 1 aromatic rings. The zero-order valence-electron chi connectivity index (χ0n) is 11.2. The van der Waals surface area contributed by atoms with E-state index in [-0.39, 0.29) is 5.41 Å². The Morgan fingerprint density at radius 2 is 1.63 bits per heavy atom. The summed E-state index contributed by atoms with van der Waals surface area (Å²) in [6, 6.07) is 6.83. The molecule has 0 N–H and O–H groups in total. The van der Waals surface area contributed by atoms with Crippen molar-refractivity contribution in [1.29, 1.82) is 0 Å². The van der Waals surface area contributed by atoms with Gasteiger partial charge in [-0.2, -0.15) is 13.2 Å². The second-order valence-electron chi connectivity index (χ2n) is 5.36. The van der Waals surface area contributed by atoms with Gasteiger partial charge in [0.25, 0.3) is 0 Å². The van der Waals surface area contributed by atoms with Gasteiger partial charge in [-0.15, -0.1) is 0 Å². The number of ether oxygens (including phenoxy) is 1. The monoisotopic (exact) mass is 274 g/mol. The Morgan fingerprint density at radius 3 is 2.05 bits per heavy atom. The van der Waals surface area contributed by atoms with Gasteiger partial charge in [0, 0.05) is 5.56 Å². The maximum atomic E-state index is 11.9.